The molecule has 0 N–H and O–H groups in total. The molecule has 2 rings (SSSR count). The molecule has 0 atom stereocenters. The van der Waals surface area contributed by atoms with Crippen molar-refractivity contribution in [3.8, 4) is 11.1 Å². The summed E-state index contributed by atoms with van der Waals surface area (Å²) in [5.74, 6) is -0.324. The summed E-state index contributed by atoms with van der Waals surface area (Å²) in [4.78, 5) is 0. The highest BCUT2D eigenvalue weighted by Gasteiger charge is 2.03. The van der Waals surface area contributed by atoms with Crippen LogP contribution in [0, 0.1) is 11.9 Å². The van der Waals surface area contributed by atoms with Gasteiger partial charge in [0.1, 0.15) is 5.82 Å². The van der Waals surface area contributed by atoms with Gasteiger partial charge in [-0.15, -0.1) is 0 Å². The molecule has 69 valence electrons. The molecule has 0 aliphatic carbocycles. The summed E-state index contributed by atoms with van der Waals surface area (Å²) < 4.78 is 12.8. The fraction of sp³-hybridized carbons (Fsp3) is 0. The monoisotopic (exact) mass is 205 g/mol. The molecular formula is C12H7ClF. The Morgan fingerprint density at radius 1 is 1.14 bits per heavy atom. The zero-order chi connectivity index (χ0) is 9.97. The SMILES string of the molecule is Fc1ccc(-c2[c]cccc2)c(Cl)c1. The minimum Gasteiger partial charge on any atom is -0.207 e. The van der Waals surface area contributed by atoms with Crippen LogP contribution in [0.2, 0.25) is 5.02 Å². The molecule has 0 saturated heterocycles. The minimum absolute atomic E-state index is 0.324. The van der Waals surface area contributed by atoms with Gasteiger partial charge < -0.3 is 0 Å². The predicted octanol–water partition coefficient (Wildman–Crippen LogP) is 3.95. The van der Waals surface area contributed by atoms with Crippen LogP contribution in [0.15, 0.2) is 42.5 Å². The summed E-state index contributed by atoms with van der Waals surface area (Å²) >= 11 is 5.90. The lowest BCUT2D eigenvalue weighted by Gasteiger charge is -2.03. The standard InChI is InChI=1S/C12H7ClF/c13-12-8-10(14)6-7-11(12)9-4-2-1-3-5-9/h1-4,6-8H. The Morgan fingerprint density at radius 3 is 2.64 bits per heavy atom. The second kappa shape index (κ2) is 3.81. The molecule has 2 aromatic rings. The summed E-state index contributed by atoms with van der Waals surface area (Å²) in [5.41, 5.74) is 1.67. The quantitative estimate of drug-likeness (QED) is 0.662. The van der Waals surface area contributed by atoms with Crippen LogP contribution in [0.3, 0.4) is 0 Å². The maximum Gasteiger partial charge on any atom is 0.124 e. The van der Waals surface area contributed by atoms with Gasteiger partial charge in [-0.2, -0.15) is 0 Å². The van der Waals surface area contributed by atoms with E-state index in [0.29, 0.717) is 5.02 Å². The van der Waals surface area contributed by atoms with Gasteiger partial charge in [0.2, 0.25) is 0 Å². The molecule has 0 bridgehead atoms. The third-order valence-electron chi connectivity index (χ3n) is 1.93. The van der Waals surface area contributed by atoms with E-state index >= 15 is 0 Å². The van der Waals surface area contributed by atoms with Gasteiger partial charge in [0.15, 0.2) is 0 Å². The zero-order valence-corrected chi connectivity index (χ0v) is 8.05. The molecule has 0 spiro atoms. The molecule has 0 aromatic heterocycles. The topological polar surface area (TPSA) is 0 Å². The average molecular weight is 206 g/mol. The Hall–Kier alpha value is -1.34. The van der Waals surface area contributed by atoms with Gasteiger partial charge in [0.05, 0.1) is 5.02 Å². The van der Waals surface area contributed by atoms with E-state index in [0.717, 1.165) is 11.1 Å². The van der Waals surface area contributed by atoms with Crippen molar-refractivity contribution in [2.75, 3.05) is 0 Å². The molecule has 2 aromatic carbocycles. The molecule has 0 aliphatic rings. The number of hydrogen-bond acceptors (Lipinski definition) is 0. The third-order valence-corrected chi connectivity index (χ3v) is 2.24. The molecule has 0 aliphatic heterocycles. The average Bonchev–Trinajstić information content (AvgIpc) is 2.19. The molecule has 2 heteroatoms. The molecule has 0 nitrogen and oxygen atoms in total. The maximum atomic E-state index is 12.8. The van der Waals surface area contributed by atoms with E-state index in [2.05, 4.69) is 6.07 Å². The Kier molecular flexibility index (Phi) is 2.51. The van der Waals surface area contributed by atoms with Crippen molar-refractivity contribution < 1.29 is 4.39 Å². The van der Waals surface area contributed by atoms with Crippen LogP contribution in [-0.4, -0.2) is 0 Å². The van der Waals surface area contributed by atoms with Crippen LogP contribution in [0.5, 0.6) is 0 Å². The van der Waals surface area contributed by atoms with Gasteiger partial charge in [-0.25, -0.2) is 4.39 Å². The molecule has 0 saturated carbocycles. The first-order chi connectivity index (χ1) is 6.77. The van der Waals surface area contributed by atoms with Gasteiger partial charge in [-0.3, -0.25) is 0 Å². The van der Waals surface area contributed by atoms with Gasteiger partial charge in [-0.1, -0.05) is 35.9 Å². The van der Waals surface area contributed by atoms with Crippen LogP contribution in [0.4, 0.5) is 4.39 Å². The fourth-order valence-electron chi connectivity index (χ4n) is 1.27. The first-order valence-corrected chi connectivity index (χ1v) is 4.57. The number of hydrogen-bond donors (Lipinski definition) is 0. The van der Waals surface area contributed by atoms with Gasteiger partial charge >= 0.3 is 0 Å². The van der Waals surface area contributed by atoms with Crippen molar-refractivity contribution in [2.24, 2.45) is 0 Å². The lowest BCUT2D eigenvalue weighted by Crippen LogP contribution is -1.81. The largest absolute Gasteiger partial charge is 0.207 e. The van der Waals surface area contributed by atoms with E-state index in [1.54, 1.807) is 12.1 Å². The van der Waals surface area contributed by atoms with E-state index in [1.807, 2.05) is 18.2 Å². The van der Waals surface area contributed by atoms with Crippen molar-refractivity contribution in [2.45, 2.75) is 0 Å². The van der Waals surface area contributed by atoms with Crippen LogP contribution in [-0.2, 0) is 0 Å². The highest BCUT2D eigenvalue weighted by molar-refractivity contribution is 6.33. The number of halogens is 2. The van der Waals surface area contributed by atoms with Crippen molar-refractivity contribution in [1.29, 1.82) is 0 Å². The Balaban J connectivity index is 2.53. The fourth-order valence-corrected chi connectivity index (χ4v) is 1.54. The van der Waals surface area contributed by atoms with E-state index < -0.39 is 0 Å². The summed E-state index contributed by atoms with van der Waals surface area (Å²) in [6.07, 6.45) is 0. The normalized spacial score (nSPS) is 10.1. The molecule has 0 fully saturated rings. The molecule has 14 heavy (non-hydrogen) atoms. The van der Waals surface area contributed by atoms with Gasteiger partial charge in [0.25, 0.3) is 0 Å². The van der Waals surface area contributed by atoms with Gasteiger partial charge in [-0.05, 0) is 29.8 Å². The Labute approximate surface area is 87.0 Å². The summed E-state index contributed by atoms with van der Waals surface area (Å²) in [6.45, 7) is 0. The first-order valence-electron chi connectivity index (χ1n) is 4.19. The Bertz CT molecular complexity index is 437. The zero-order valence-electron chi connectivity index (χ0n) is 7.30. The second-order valence-electron chi connectivity index (χ2n) is 2.90. The van der Waals surface area contributed by atoms with Crippen LogP contribution in [0.25, 0.3) is 11.1 Å². The number of rotatable bonds is 1. The molecule has 1 radical (unpaired) electrons. The maximum absolute atomic E-state index is 12.8. The molecule has 0 heterocycles. The van der Waals surface area contributed by atoms with Crippen molar-refractivity contribution >= 4 is 11.6 Å². The third kappa shape index (κ3) is 1.78. The summed E-state index contributed by atoms with van der Waals surface area (Å²) in [6, 6.07) is 14.8. The molecule has 0 amide bonds. The Morgan fingerprint density at radius 2 is 2.00 bits per heavy atom. The van der Waals surface area contributed by atoms with E-state index in [4.69, 9.17) is 11.6 Å². The summed E-state index contributed by atoms with van der Waals surface area (Å²) in [5, 5.41) is 0.410. The predicted molar refractivity (Wildman–Crippen MR) is 55.7 cm³/mol. The van der Waals surface area contributed by atoms with E-state index in [-0.39, 0.29) is 5.82 Å². The molecular weight excluding hydrogens is 199 g/mol. The van der Waals surface area contributed by atoms with Crippen molar-refractivity contribution in [3.05, 3.63) is 59.4 Å². The first kappa shape index (κ1) is 9.22. The lowest BCUT2D eigenvalue weighted by molar-refractivity contribution is 0.628. The summed E-state index contributed by atoms with van der Waals surface area (Å²) in [7, 11) is 0. The highest BCUT2D eigenvalue weighted by atomic mass is 35.5. The molecule has 0 unspecified atom stereocenters. The lowest BCUT2D eigenvalue weighted by atomic mass is 10.1. The van der Waals surface area contributed by atoms with E-state index in [9.17, 15) is 4.39 Å². The second-order valence-corrected chi connectivity index (χ2v) is 3.31. The van der Waals surface area contributed by atoms with Crippen LogP contribution in [0.1, 0.15) is 0 Å². The van der Waals surface area contributed by atoms with Crippen LogP contribution >= 0.6 is 11.6 Å². The van der Waals surface area contributed by atoms with Gasteiger partial charge in [0, 0.05) is 5.56 Å². The number of benzene rings is 2. The van der Waals surface area contributed by atoms with E-state index in [1.165, 1.54) is 12.1 Å². The van der Waals surface area contributed by atoms with Crippen molar-refractivity contribution in [3.63, 3.8) is 0 Å². The minimum atomic E-state index is -0.324. The van der Waals surface area contributed by atoms with Crippen molar-refractivity contribution in [1.82, 2.24) is 0 Å². The smallest absolute Gasteiger partial charge is 0.124 e. The highest BCUT2D eigenvalue weighted by Crippen LogP contribution is 2.27. The van der Waals surface area contributed by atoms with Crippen LogP contribution < -0.4 is 0 Å².